The van der Waals surface area contributed by atoms with Crippen LogP contribution in [0.5, 0.6) is 0 Å². The van der Waals surface area contributed by atoms with Crippen molar-refractivity contribution in [2.45, 2.75) is 39.7 Å². The summed E-state index contributed by atoms with van der Waals surface area (Å²) in [6, 6.07) is 0. The molecule has 0 aromatic carbocycles. The molecule has 1 aliphatic heterocycles. The highest BCUT2D eigenvalue weighted by Crippen LogP contribution is 2.61. The number of rotatable bonds is 2. The molecular formula is C12H20O3. The fourth-order valence-electron chi connectivity index (χ4n) is 3.10. The summed E-state index contributed by atoms with van der Waals surface area (Å²) in [5, 5.41) is 9.10. The Morgan fingerprint density at radius 1 is 1.47 bits per heavy atom. The minimum absolute atomic E-state index is 0.0758. The van der Waals surface area contributed by atoms with Gasteiger partial charge in [-0.05, 0) is 24.2 Å². The van der Waals surface area contributed by atoms with Crippen LogP contribution in [-0.4, -0.2) is 23.8 Å². The summed E-state index contributed by atoms with van der Waals surface area (Å²) in [5.74, 6) is 0.0342. The van der Waals surface area contributed by atoms with Crippen molar-refractivity contribution in [3.8, 4) is 0 Å². The van der Waals surface area contributed by atoms with Gasteiger partial charge < -0.3 is 9.84 Å². The third kappa shape index (κ3) is 1.78. The summed E-state index contributed by atoms with van der Waals surface area (Å²) in [6.45, 7) is 7.10. The lowest BCUT2D eigenvalue weighted by molar-refractivity contribution is -0.140. The SMILES string of the molecule is C[C@H]1CCO[C@@H]([C@@H]2[C@H](C(=O)O)C2(C)C)C1. The van der Waals surface area contributed by atoms with E-state index in [1.54, 1.807) is 0 Å². The average molecular weight is 212 g/mol. The predicted molar refractivity (Wildman–Crippen MR) is 56.5 cm³/mol. The van der Waals surface area contributed by atoms with Crippen LogP contribution in [-0.2, 0) is 9.53 Å². The third-order valence-electron chi connectivity index (χ3n) is 4.15. The zero-order chi connectivity index (χ0) is 11.2. The molecule has 0 radical (unpaired) electrons. The molecule has 0 aromatic heterocycles. The molecule has 0 aromatic rings. The predicted octanol–water partition coefficient (Wildman–Crippen LogP) is 2.16. The minimum atomic E-state index is -0.660. The monoisotopic (exact) mass is 212 g/mol. The molecule has 1 saturated carbocycles. The molecule has 0 spiro atoms. The van der Waals surface area contributed by atoms with E-state index < -0.39 is 5.97 Å². The van der Waals surface area contributed by atoms with E-state index >= 15 is 0 Å². The van der Waals surface area contributed by atoms with Crippen LogP contribution in [0.4, 0.5) is 0 Å². The Morgan fingerprint density at radius 2 is 2.13 bits per heavy atom. The van der Waals surface area contributed by atoms with Crippen LogP contribution in [0.25, 0.3) is 0 Å². The van der Waals surface area contributed by atoms with Crippen molar-refractivity contribution in [2.75, 3.05) is 6.61 Å². The highest BCUT2D eigenvalue weighted by atomic mass is 16.5. The van der Waals surface area contributed by atoms with Gasteiger partial charge in [0.15, 0.2) is 0 Å². The molecule has 0 unspecified atom stereocenters. The van der Waals surface area contributed by atoms with E-state index in [1.165, 1.54) is 0 Å². The third-order valence-corrected chi connectivity index (χ3v) is 4.15. The van der Waals surface area contributed by atoms with E-state index in [1.807, 2.05) is 13.8 Å². The molecule has 1 aliphatic carbocycles. The number of hydrogen-bond donors (Lipinski definition) is 1. The first kappa shape index (κ1) is 10.9. The first-order valence-electron chi connectivity index (χ1n) is 5.79. The van der Waals surface area contributed by atoms with Crippen LogP contribution in [0.2, 0.25) is 0 Å². The average Bonchev–Trinajstić information content (AvgIpc) is 2.69. The Morgan fingerprint density at radius 3 is 2.60 bits per heavy atom. The van der Waals surface area contributed by atoms with Crippen LogP contribution in [0.3, 0.4) is 0 Å². The number of carboxylic acid groups (broad SMARTS) is 1. The summed E-state index contributed by atoms with van der Waals surface area (Å²) < 4.78 is 5.72. The van der Waals surface area contributed by atoms with E-state index in [0.29, 0.717) is 5.92 Å². The van der Waals surface area contributed by atoms with E-state index in [0.717, 1.165) is 19.4 Å². The van der Waals surface area contributed by atoms with Crippen molar-refractivity contribution < 1.29 is 14.6 Å². The Hall–Kier alpha value is -0.570. The molecule has 4 atom stereocenters. The van der Waals surface area contributed by atoms with Gasteiger partial charge in [-0.1, -0.05) is 20.8 Å². The Bertz CT molecular complexity index is 272. The summed E-state index contributed by atoms with van der Waals surface area (Å²) in [6.07, 6.45) is 2.31. The molecule has 2 fully saturated rings. The van der Waals surface area contributed by atoms with Crippen molar-refractivity contribution in [3.63, 3.8) is 0 Å². The molecule has 3 heteroatoms. The molecular weight excluding hydrogens is 192 g/mol. The molecule has 2 rings (SSSR count). The van der Waals surface area contributed by atoms with E-state index in [9.17, 15) is 4.79 Å². The van der Waals surface area contributed by atoms with Gasteiger partial charge in [0.1, 0.15) is 0 Å². The van der Waals surface area contributed by atoms with Gasteiger partial charge in [-0.3, -0.25) is 4.79 Å². The molecule has 0 amide bonds. The van der Waals surface area contributed by atoms with Gasteiger partial charge in [0.05, 0.1) is 12.0 Å². The van der Waals surface area contributed by atoms with Crippen LogP contribution in [0.15, 0.2) is 0 Å². The second-order valence-electron chi connectivity index (χ2n) is 5.70. The van der Waals surface area contributed by atoms with Crippen molar-refractivity contribution in [1.82, 2.24) is 0 Å². The largest absolute Gasteiger partial charge is 0.481 e. The quantitative estimate of drug-likeness (QED) is 0.763. The van der Waals surface area contributed by atoms with Gasteiger partial charge in [0.2, 0.25) is 0 Å². The zero-order valence-corrected chi connectivity index (χ0v) is 9.69. The molecule has 15 heavy (non-hydrogen) atoms. The highest BCUT2D eigenvalue weighted by molar-refractivity contribution is 5.75. The number of aliphatic carboxylic acids is 1. The van der Waals surface area contributed by atoms with E-state index in [2.05, 4.69) is 6.92 Å². The summed E-state index contributed by atoms with van der Waals surface area (Å²) in [4.78, 5) is 11.1. The molecule has 1 heterocycles. The van der Waals surface area contributed by atoms with Crippen molar-refractivity contribution in [3.05, 3.63) is 0 Å². The summed E-state index contributed by atoms with van der Waals surface area (Å²) >= 11 is 0. The van der Waals surface area contributed by atoms with E-state index in [4.69, 9.17) is 9.84 Å². The summed E-state index contributed by atoms with van der Waals surface area (Å²) in [5.41, 5.74) is -0.0758. The molecule has 0 bridgehead atoms. The van der Waals surface area contributed by atoms with Gasteiger partial charge in [0.25, 0.3) is 0 Å². The molecule has 1 N–H and O–H groups in total. The fourth-order valence-corrected chi connectivity index (χ4v) is 3.10. The Balaban J connectivity index is 2.03. The highest BCUT2D eigenvalue weighted by Gasteiger charge is 2.65. The van der Waals surface area contributed by atoms with Gasteiger partial charge >= 0.3 is 5.97 Å². The zero-order valence-electron chi connectivity index (χ0n) is 9.69. The van der Waals surface area contributed by atoms with Gasteiger partial charge in [-0.2, -0.15) is 0 Å². The summed E-state index contributed by atoms with van der Waals surface area (Å²) in [7, 11) is 0. The molecule has 1 saturated heterocycles. The lowest BCUT2D eigenvalue weighted by atomic mass is 9.92. The Labute approximate surface area is 90.8 Å². The smallest absolute Gasteiger partial charge is 0.307 e. The number of hydrogen-bond acceptors (Lipinski definition) is 2. The lowest BCUT2D eigenvalue weighted by Gasteiger charge is -2.28. The maximum Gasteiger partial charge on any atom is 0.307 e. The van der Waals surface area contributed by atoms with E-state index in [-0.39, 0.29) is 23.4 Å². The second-order valence-corrected chi connectivity index (χ2v) is 5.70. The van der Waals surface area contributed by atoms with Crippen molar-refractivity contribution in [2.24, 2.45) is 23.2 Å². The van der Waals surface area contributed by atoms with Crippen LogP contribution in [0, 0.1) is 23.2 Å². The van der Waals surface area contributed by atoms with Crippen LogP contribution in [0.1, 0.15) is 33.6 Å². The van der Waals surface area contributed by atoms with Crippen molar-refractivity contribution >= 4 is 5.97 Å². The van der Waals surface area contributed by atoms with Gasteiger partial charge in [-0.25, -0.2) is 0 Å². The minimum Gasteiger partial charge on any atom is -0.481 e. The van der Waals surface area contributed by atoms with Gasteiger partial charge in [0, 0.05) is 12.5 Å². The maximum atomic E-state index is 11.1. The first-order valence-corrected chi connectivity index (χ1v) is 5.79. The normalized spacial score (nSPS) is 43.7. The second kappa shape index (κ2) is 3.48. The van der Waals surface area contributed by atoms with Crippen molar-refractivity contribution in [1.29, 1.82) is 0 Å². The standard InChI is InChI=1S/C12H20O3/c1-7-4-5-15-8(6-7)9-10(11(13)14)12(9,2)3/h7-10H,4-6H2,1-3H3,(H,13,14)/t7-,8+,9+,10+/m0/s1. The fraction of sp³-hybridized carbons (Fsp3) is 0.917. The lowest BCUT2D eigenvalue weighted by Crippen LogP contribution is -2.28. The topological polar surface area (TPSA) is 46.5 Å². The Kier molecular flexibility index (Phi) is 2.53. The van der Waals surface area contributed by atoms with Gasteiger partial charge in [-0.15, -0.1) is 0 Å². The first-order chi connectivity index (χ1) is 6.94. The maximum absolute atomic E-state index is 11.1. The van der Waals surface area contributed by atoms with Crippen LogP contribution < -0.4 is 0 Å². The number of carbonyl (C=O) groups is 1. The molecule has 86 valence electrons. The number of ether oxygens (including phenoxy) is 1. The number of carboxylic acids is 1. The molecule has 2 aliphatic rings. The molecule has 3 nitrogen and oxygen atoms in total. The van der Waals surface area contributed by atoms with Crippen LogP contribution >= 0.6 is 0 Å².